The first-order valence-electron chi connectivity index (χ1n) is 6.17. The lowest BCUT2D eigenvalue weighted by Gasteiger charge is -2.37. The molecule has 2 rings (SSSR count). The fourth-order valence-electron chi connectivity index (χ4n) is 2.75. The monoisotopic (exact) mass is 241 g/mol. The van der Waals surface area contributed by atoms with Gasteiger partial charge in [-0.15, -0.1) is 0 Å². The zero-order valence-electron chi connectivity index (χ0n) is 10.1. The van der Waals surface area contributed by atoms with Crippen LogP contribution in [-0.2, 0) is 14.3 Å². The van der Waals surface area contributed by atoms with Gasteiger partial charge in [-0.25, -0.2) is 0 Å². The Morgan fingerprint density at radius 3 is 2.47 bits per heavy atom. The second kappa shape index (κ2) is 4.64. The quantitative estimate of drug-likeness (QED) is 0.718. The normalized spacial score (nSPS) is 30.6. The summed E-state index contributed by atoms with van der Waals surface area (Å²) in [4.78, 5) is 23.2. The maximum Gasteiger partial charge on any atom is 0.319 e. The molecule has 96 valence electrons. The molecule has 0 aromatic carbocycles. The molecule has 2 aliphatic carbocycles. The third kappa shape index (κ3) is 2.04. The highest BCUT2D eigenvalue weighted by atomic mass is 16.5. The van der Waals surface area contributed by atoms with E-state index >= 15 is 0 Å². The molecule has 2 atom stereocenters. The first kappa shape index (κ1) is 12.4. The number of amides is 1. The molecule has 2 unspecified atom stereocenters. The highest BCUT2D eigenvalue weighted by Gasteiger charge is 2.52. The fourth-order valence-corrected chi connectivity index (χ4v) is 2.75. The third-order valence-electron chi connectivity index (χ3n) is 4.12. The second-order valence-electron chi connectivity index (χ2n) is 5.03. The van der Waals surface area contributed by atoms with Crippen molar-refractivity contribution >= 4 is 11.9 Å². The number of rotatable bonds is 4. The molecule has 0 aliphatic heterocycles. The molecule has 1 amide bonds. The first-order chi connectivity index (χ1) is 8.10. The van der Waals surface area contributed by atoms with Crippen LogP contribution in [0.15, 0.2) is 0 Å². The first-order valence-corrected chi connectivity index (χ1v) is 6.17. The van der Waals surface area contributed by atoms with Gasteiger partial charge >= 0.3 is 5.97 Å². The third-order valence-corrected chi connectivity index (χ3v) is 4.12. The van der Waals surface area contributed by atoms with Gasteiger partial charge < -0.3 is 15.2 Å². The summed E-state index contributed by atoms with van der Waals surface area (Å²) in [5, 5.41) is 12.0. The predicted octanol–water partition coefficient (Wildman–Crippen LogP) is 0.925. The number of carboxylic acid groups (broad SMARTS) is 1. The lowest BCUT2D eigenvalue weighted by Crippen LogP contribution is -2.54. The van der Waals surface area contributed by atoms with Gasteiger partial charge in [0.15, 0.2) is 0 Å². The lowest BCUT2D eigenvalue weighted by molar-refractivity contribution is -0.162. The van der Waals surface area contributed by atoms with Gasteiger partial charge in [0.05, 0.1) is 12.1 Å². The Labute approximate surface area is 101 Å². The maximum atomic E-state index is 12.1. The van der Waals surface area contributed by atoms with Crippen LogP contribution in [-0.4, -0.2) is 36.2 Å². The average molecular weight is 241 g/mol. The SMILES string of the molecule is COC1CCCC1NC(=O)C1(C(=O)O)CCC1. The lowest BCUT2D eigenvalue weighted by atomic mass is 9.68. The fraction of sp³-hybridized carbons (Fsp3) is 0.833. The highest BCUT2D eigenvalue weighted by Crippen LogP contribution is 2.41. The van der Waals surface area contributed by atoms with Crippen molar-refractivity contribution < 1.29 is 19.4 Å². The van der Waals surface area contributed by atoms with E-state index in [2.05, 4.69) is 5.32 Å². The number of ether oxygens (including phenoxy) is 1. The number of aliphatic carboxylic acids is 1. The summed E-state index contributed by atoms with van der Waals surface area (Å²) in [5.74, 6) is -1.32. The van der Waals surface area contributed by atoms with Crippen molar-refractivity contribution in [3.8, 4) is 0 Å². The van der Waals surface area contributed by atoms with E-state index in [-0.39, 0.29) is 18.1 Å². The highest BCUT2D eigenvalue weighted by molar-refractivity contribution is 6.02. The van der Waals surface area contributed by atoms with Crippen molar-refractivity contribution in [3.63, 3.8) is 0 Å². The van der Waals surface area contributed by atoms with Gasteiger partial charge in [-0.05, 0) is 32.1 Å². The zero-order chi connectivity index (χ0) is 12.5. The van der Waals surface area contributed by atoms with Crippen molar-refractivity contribution in [1.29, 1.82) is 0 Å². The van der Waals surface area contributed by atoms with Crippen LogP contribution in [0.1, 0.15) is 38.5 Å². The van der Waals surface area contributed by atoms with Crippen LogP contribution in [0.3, 0.4) is 0 Å². The Bertz CT molecular complexity index is 324. The molecule has 0 aromatic rings. The minimum absolute atomic E-state index is 0.0238. The molecule has 0 heterocycles. The summed E-state index contributed by atoms with van der Waals surface area (Å²) >= 11 is 0. The number of nitrogens with one attached hydrogen (secondary N) is 1. The van der Waals surface area contributed by atoms with Gasteiger partial charge in [0, 0.05) is 7.11 Å². The molecule has 2 aliphatic rings. The molecule has 0 aromatic heterocycles. The molecule has 0 saturated heterocycles. The summed E-state index contributed by atoms with van der Waals surface area (Å²) in [6.45, 7) is 0. The number of carbonyl (C=O) groups excluding carboxylic acids is 1. The summed E-state index contributed by atoms with van der Waals surface area (Å²) in [7, 11) is 1.63. The number of carboxylic acids is 1. The van der Waals surface area contributed by atoms with Crippen LogP contribution >= 0.6 is 0 Å². The molecular formula is C12H19NO4. The van der Waals surface area contributed by atoms with Crippen molar-refractivity contribution in [2.24, 2.45) is 5.41 Å². The van der Waals surface area contributed by atoms with Crippen LogP contribution < -0.4 is 5.32 Å². The van der Waals surface area contributed by atoms with Gasteiger partial charge in [-0.3, -0.25) is 9.59 Å². The van der Waals surface area contributed by atoms with Gasteiger partial charge in [-0.2, -0.15) is 0 Å². The van der Waals surface area contributed by atoms with Crippen LogP contribution in [0.25, 0.3) is 0 Å². The van der Waals surface area contributed by atoms with E-state index in [1.54, 1.807) is 7.11 Å². The summed E-state index contributed by atoms with van der Waals surface area (Å²) < 4.78 is 5.29. The van der Waals surface area contributed by atoms with Gasteiger partial charge in [0.1, 0.15) is 5.41 Å². The Morgan fingerprint density at radius 2 is 2.00 bits per heavy atom. The summed E-state index contributed by atoms with van der Waals surface area (Å²) in [6.07, 6.45) is 4.59. The van der Waals surface area contributed by atoms with E-state index in [9.17, 15) is 9.59 Å². The van der Waals surface area contributed by atoms with Crippen molar-refractivity contribution in [3.05, 3.63) is 0 Å². The van der Waals surface area contributed by atoms with Gasteiger partial charge in [0.2, 0.25) is 5.91 Å². The van der Waals surface area contributed by atoms with E-state index in [0.29, 0.717) is 12.8 Å². The van der Waals surface area contributed by atoms with Crippen LogP contribution in [0.4, 0.5) is 0 Å². The number of hydrogen-bond donors (Lipinski definition) is 2. The van der Waals surface area contributed by atoms with E-state index in [1.807, 2.05) is 0 Å². The Kier molecular flexibility index (Phi) is 3.38. The second-order valence-corrected chi connectivity index (χ2v) is 5.03. The predicted molar refractivity (Wildman–Crippen MR) is 60.5 cm³/mol. The van der Waals surface area contributed by atoms with Gasteiger partial charge in [0.25, 0.3) is 0 Å². The van der Waals surface area contributed by atoms with E-state index in [4.69, 9.17) is 9.84 Å². The summed E-state index contributed by atoms with van der Waals surface area (Å²) in [6, 6.07) is -0.0238. The minimum Gasteiger partial charge on any atom is -0.480 e. The molecule has 2 saturated carbocycles. The molecule has 2 N–H and O–H groups in total. The van der Waals surface area contributed by atoms with E-state index in [1.165, 1.54) is 0 Å². The average Bonchev–Trinajstić information content (AvgIpc) is 2.62. The van der Waals surface area contributed by atoms with E-state index in [0.717, 1.165) is 25.7 Å². The number of hydrogen-bond acceptors (Lipinski definition) is 3. The van der Waals surface area contributed by atoms with Crippen molar-refractivity contribution in [2.75, 3.05) is 7.11 Å². The van der Waals surface area contributed by atoms with Crippen LogP contribution in [0, 0.1) is 5.41 Å². The van der Waals surface area contributed by atoms with Crippen molar-refractivity contribution in [2.45, 2.75) is 50.7 Å². The van der Waals surface area contributed by atoms with Crippen LogP contribution in [0.5, 0.6) is 0 Å². The Balaban J connectivity index is 1.99. The smallest absolute Gasteiger partial charge is 0.319 e. The molecule has 5 nitrogen and oxygen atoms in total. The van der Waals surface area contributed by atoms with E-state index < -0.39 is 11.4 Å². The molecule has 2 fully saturated rings. The zero-order valence-corrected chi connectivity index (χ0v) is 10.1. The molecular weight excluding hydrogens is 222 g/mol. The Hall–Kier alpha value is -1.10. The largest absolute Gasteiger partial charge is 0.480 e. The minimum atomic E-state index is -1.17. The molecule has 5 heteroatoms. The molecule has 0 radical (unpaired) electrons. The number of methoxy groups -OCH3 is 1. The van der Waals surface area contributed by atoms with Gasteiger partial charge in [-0.1, -0.05) is 6.42 Å². The molecule has 0 bridgehead atoms. The van der Waals surface area contributed by atoms with Crippen molar-refractivity contribution in [1.82, 2.24) is 5.32 Å². The molecule has 0 spiro atoms. The topological polar surface area (TPSA) is 75.6 Å². The standard InChI is InChI=1S/C12H19NO4/c1-17-9-5-2-4-8(9)13-10(14)12(11(15)16)6-3-7-12/h8-9H,2-7H2,1H3,(H,13,14)(H,15,16). The summed E-state index contributed by atoms with van der Waals surface area (Å²) in [5.41, 5.74) is -1.17. The number of carbonyl (C=O) groups is 2. The Morgan fingerprint density at radius 1 is 1.29 bits per heavy atom. The maximum absolute atomic E-state index is 12.1. The molecule has 17 heavy (non-hydrogen) atoms. The van der Waals surface area contributed by atoms with Crippen LogP contribution in [0.2, 0.25) is 0 Å².